The van der Waals surface area contributed by atoms with Crippen LogP contribution in [0.2, 0.25) is 10.0 Å². The van der Waals surface area contributed by atoms with Crippen LogP contribution in [0.15, 0.2) is 47.8 Å². The monoisotopic (exact) mass is 601 g/mol. The number of aromatic nitrogens is 2. The average molecular weight is 603 g/mol. The molecule has 0 aliphatic rings. The maximum Gasteiger partial charge on any atom is 0.253 e. The van der Waals surface area contributed by atoms with Gasteiger partial charge in [-0.25, -0.2) is 4.98 Å². The summed E-state index contributed by atoms with van der Waals surface area (Å²) < 4.78 is 18.9. The number of methoxy groups -OCH3 is 2. The Labute approximate surface area is 249 Å². The Hall–Kier alpha value is -3.20. The third kappa shape index (κ3) is 7.30. The minimum atomic E-state index is -0.0889. The maximum absolute atomic E-state index is 13.1. The summed E-state index contributed by atoms with van der Waals surface area (Å²) in [6.07, 6.45) is 0.728. The Morgan fingerprint density at radius 3 is 2.45 bits per heavy atom. The predicted octanol–water partition coefficient (Wildman–Crippen LogP) is 7.45. The summed E-state index contributed by atoms with van der Waals surface area (Å²) in [7, 11) is 3.25. The Kier molecular flexibility index (Phi) is 10.0. The fourth-order valence-corrected chi connectivity index (χ4v) is 5.50. The molecule has 0 unspecified atom stereocenters. The number of hydrogen-bond acceptors (Lipinski definition) is 6. The zero-order valence-corrected chi connectivity index (χ0v) is 25.5. The number of carbonyl (C=O) groups is 1. The Morgan fingerprint density at radius 1 is 1.05 bits per heavy atom. The van der Waals surface area contributed by atoms with Crippen LogP contribution in [0.4, 0.5) is 0 Å². The number of nitrogens with zero attached hydrogens (tertiary/aromatic N) is 2. The molecule has 0 atom stereocenters. The smallest absolute Gasteiger partial charge is 0.253 e. The largest absolute Gasteiger partial charge is 0.493 e. The van der Waals surface area contributed by atoms with Crippen LogP contribution in [-0.4, -0.2) is 36.2 Å². The van der Waals surface area contributed by atoms with E-state index >= 15 is 0 Å². The van der Waals surface area contributed by atoms with Gasteiger partial charge in [-0.2, -0.15) is 0 Å². The van der Waals surface area contributed by atoms with E-state index in [-0.39, 0.29) is 12.5 Å². The Bertz CT molecular complexity index is 1460. The van der Waals surface area contributed by atoms with Gasteiger partial charge in [0.15, 0.2) is 11.5 Å². The van der Waals surface area contributed by atoms with Crippen molar-refractivity contribution in [2.24, 2.45) is 5.92 Å². The Morgan fingerprint density at radius 2 is 1.77 bits per heavy atom. The van der Waals surface area contributed by atoms with Crippen molar-refractivity contribution in [1.29, 1.82) is 0 Å². The summed E-state index contributed by atoms with van der Waals surface area (Å²) in [6.45, 7) is 7.65. The average Bonchev–Trinajstić information content (AvgIpc) is 3.52. The standard InChI is InChI=1S/C30H33Cl2N3O4S/c1-18(2)15-33-30(36)24-14-26(25-17-40-29(34-25)16-39-23-12-21(31)11-22(32)13-23)35(19(24)3)9-8-20-6-7-27(37-4)28(10-20)38-5/h6-7,10-14,17-18H,8-9,15-16H2,1-5H3,(H,33,36). The summed E-state index contributed by atoms with van der Waals surface area (Å²) in [5.74, 6) is 2.21. The van der Waals surface area contributed by atoms with Gasteiger partial charge in [0.25, 0.3) is 5.91 Å². The molecule has 1 amide bonds. The number of halogens is 2. The number of aryl methyl sites for hydroxylation is 1. The van der Waals surface area contributed by atoms with Gasteiger partial charge in [0, 0.05) is 34.2 Å². The zero-order chi connectivity index (χ0) is 28.8. The molecule has 0 radical (unpaired) electrons. The van der Waals surface area contributed by atoms with E-state index in [4.69, 9.17) is 42.4 Å². The molecule has 2 heterocycles. The van der Waals surface area contributed by atoms with Gasteiger partial charge in [0.1, 0.15) is 17.4 Å². The van der Waals surface area contributed by atoms with E-state index in [0.29, 0.717) is 51.9 Å². The number of carbonyl (C=O) groups excluding carboxylic acids is 1. The van der Waals surface area contributed by atoms with Gasteiger partial charge in [0.05, 0.1) is 31.2 Å². The van der Waals surface area contributed by atoms with Crippen LogP contribution >= 0.6 is 34.5 Å². The van der Waals surface area contributed by atoms with Crippen LogP contribution < -0.4 is 19.5 Å². The lowest BCUT2D eigenvalue weighted by Crippen LogP contribution is -2.27. The third-order valence-electron chi connectivity index (χ3n) is 6.37. The molecule has 0 bridgehead atoms. The summed E-state index contributed by atoms with van der Waals surface area (Å²) in [5.41, 5.74) is 4.28. The van der Waals surface area contributed by atoms with E-state index in [2.05, 4.69) is 23.7 Å². The quantitative estimate of drug-likeness (QED) is 0.182. The van der Waals surface area contributed by atoms with Crippen LogP contribution in [0.3, 0.4) is 0 Å². The molecule has 0 aliphatic carbocycles. The molecule has 1 N–H and O–H groups in total. The van der Waals surface area contributed by atoms with E-state index in [0.717, 1.165) is 34.1 Å². The third-order valence-corrected chi connectivity index (χ3v) is 7.63. The van der Waals surface area contributed by atoms with Gasteiger partial charge >= 0.3 is 0 Å². The first-order valence-electron chi connectivity index (χ1n) is 12.9. The SMILES string of the molecule is COc1ccc(CCn2c(-c3csc(COc4cc(Cl)cc(Cl)c4)n3)cc(C(=O)NCC(C)C)c2C)cc1OC. The second-order valence-corrected chi connectivity index (χ2v) is 11.6. The highest BCUT2D eigenvalue weighted by molar-refractivity contribution is 7.09. The molecule has 0 saturated carbocycles. The minimum absolute atomic E-state index is 0.0889. The van der Waals surface area contributed by atoms with Crippen LogP contribution in [0.1, 0.15) is 40.5 Å². The van der Waals surface area contributed by atoms with Gasteiger partial charge in [-0.1, -0.05) is 43.1 Å². The highest BCUT2D eigenvalue weighted by Gasteiger charge is 2.21. The van der Waals surface area contributed by atoms with E-state index in [1.54, 1.807) is 32.4 Å². The molecule has 7 nitrogen and oxygen atoms in total. The first-order chi connectivity index (χ1) is 19.2. The van der Waals surface area contributed by atoms with Gasteiger partial charge in [0.2, 0.25) is 0 Å². The van der Waals surface area contributed by atoms with Crippen molar-refractivity contribution in [1.82, 2.24) is 14.9 Å². The predicted molar refractivity (Wildman–Crippen MR) is 161 cm³/mol. The van der Waals surface area contributed by atoms with Crippen molar-refractivity contribution in [2.45, 2.75) is 40.3 Å². The second-order valence-electron chi connectivity index (χ2n) is 9.74. The van der Waals surface area contributed by atoms with E-state index in [1.165, 1.54) is 11.3 Å². The number of thiazole rings is 1. The molecule has 0 spiro atoms. The summed E-state index contributed by atoms with van der Waals surface area (Å²) in [5, 5.41) is 6.84. The molecule has 2 aromatic heterocycles. The van der Waals surface area contributed by atoms with Crippen molar-refractivity contribution < 1.29 is 19.0 Å². The van der Waals surface area contributed by atoms with Crippen molar-refractivity contribution in [3.05, 3.63) is 79.7 Å². The number of amides is 1. The number of hydrogen-bond donors (Lipinski definition) is 1. The first kappa shape index (κ1) is 29.8. The molecule has 0 saturated heterocycles. The number of benzene rings is 2. The van der Waals surface area contributed by atoms with Gasteiger partial charge < -0.3 is 24.1 Å². The molecule has 4 aromatic rings. The van der Waals surface area contributed by atoms with E-state index in [1.807, 2.05) is 36.6 Å². The summed E-state index contributed by atoms with van der Waals surface area (Å²) in [4.78, 5) is 17.9. The topological polar surface area (TPSA) is 74.6 Å². The van der Waals surface area contributed by atoms with Crippen LogP contribution in [0.25, 0.3) is 11.4 Å². The maximum atomic E-state index is 13.1. The molecule has 10 heteroatoms. The van der Waals surface area contributed by atoms with Crippen molar-refractivity contribution in [2.75, 3.05) is 20.8 Å². The van der Waals surface area contributed by atoms with Crippen LogP contribution in [0, 0.1) is 12.8 Å². The Balaban J connectivity index is 1.60. The zero-order valence-electron chi connectivity index (χ0n) is 23.2. The lowest BCUT2D eigenvalue weighted by molar-refractivity contribution is 0.0948. The number of rotatable bonds is 12. The highest BCUT2D eigenvalue weighted by atomic mass is 35.5. The minimum Gasteiger partial charge on any atom is -0.493 e. The lowest BCUT2D eigenvalue weighted by atomic mass is 10.1. The molecular weight excluding hydrogens is 569 g/mol. The van der Waals surface area contributed by atoms with E-state index < -0.39 is 0 Å². The van der Waals surface area contributed by atoms with Gasteiger partial charge in [-0.05, 0) is 61.2 Å². The first-order valence-corrected chi connectivity index (χ1v) is 14.5. The number of ether oxygens (including phenoxy) is 3. The molecule has 0 aliphatic heterocycles. The van der Waals surface area contributed by atoms with Gasteiger partial charge in [-0.15, -0.1) is 11.3 Å². The number of nitrogens with one attached hydrogen (secondary N) is 1. The molecular formula is C30H33Cl2N3O4S. The normalized spacial score (nSPS) is 11.1. The molecule has 212 valence electrons. The van der Waals surface area contributed by atoms with Crippen molar-refractivity contribution in [3.63, 3.8) is 0 Å². The fraction of sp³-hybridized carbons (Fsp3) is 0.333. The lowest BCUT2D eigenvalue weighted by Gasteiger charge is -2.13. The van der Waals surface area contributed by atoms with Crippen molar-refractivity contribution in [3.8, 4) is 28.6 Å². The van der Waals surface area contributed by atoms with Crippen LogP contribution in [-0.2, 0) is 19.6 Å². The highest BCUT2D eigenvalue weighted by Crippen LogP contribution is 2.31. The second kappa shape index (κ2) is 13.4. The van der Waals surface area contributed by atoms with Crippen molar-refractivity contribution >= 4 is 40.4 Å². The molecule has 2 aromatic carbocycles. The van der Waals surface area contributed by atoms with Gasteiger partial charge in [-0.3, -0.25) is 4.79 Å². The van der Waals surface area contributed by atoms with Crippen LogP contribution in [0.5, 0.6) is 17.2 Å². The fourth-order valence-electron chi connectivity index (χ4n) is 4.30. The molecule has 40 heavy (non-hydrogen) atoms. The van der Waals surface area contributed by atoms with E-state index in [9.17, 15) is 4.79 Å². The molecule has 4 rings (SSSR count). The summed E-state index contributed by atoms with van der Waals surface area (Å²) >= 11 is 13.7. The molecule has 0 fully saturated rings. The summed E-state index contributed by atoms with van der Waals surface area (Å²) in [6, 6.07) is 12.9.